The Morgan fingerprint density at radius 1 is 0.756 bits per heavy atom. The summed E-state index contributed by atoms with van der Waals surface area (Å²) >= 11 is 0. The SMILES string of the molecule is CCc1cc2c(cc1-c1ccc(-c3nc(-c4ccccc4)nc(C4C=CC=CC4)n3)cn1)C(C)(C)C(C)(C)C2(C)C. The molecule has 4 aromatic rings. The van der Waals surface area contributed by atoms with Crippen molar-refractivity contribution in [2.75, 3.05) is 0 Å². The first-order valence-electron chi connectivity index (χ1n) is 14.8. The number of hydrogen-bond acceptors (Lipinski definition) is 4. The summed E-state index contributed by atoms with van der Waals surface area (Å²) in [5, 5.41) is 0. The second kappa shape index (κ2) is 9.87. The molecule has 0 saturated carbocycles. The van der Waals surface area contributed by atoms with E-state index in [0.29, 0.717) is 11.6 Å². The Morgan fingerprint density at radius 3 is 2.05 bits per heavy atom. The van der Waals surface area contributed by atoms with Gasteiger partial charge in [0.05, 0.1) is 5.69 Å². The van der Waals surface area contributed by atoms with Crippen LogP contribution in [0.25, 0.3) is 34.0 Å². The smallest absolute Gasteiger partial charge is 0.165 e. The molecule has 4 heteroatoms. The highest BCUT2D eigenvalue weighted by atomic mass is 15.0. The van der Waals surface area contributed by atoms with Gasteiger partial charge in [0.25, 0.3) is 0 Å². The van der Waals surface area contributed by atoms with Crippen molar-refractivity contribution in [2.45, 2.75) is 78.1 Å². The first kappa shape index (κ1) is 27.3. The number of nitrogens with zero attached hydrogens (tertiary/aromatic N) is 4. The van der Waals surface area contributed by atoms with Crippen molar-refractivity contribution < 1.29 is 0 Å². The number of pyridine rings is 1. The van der Waals surface area contributed by atoms with Crippen molar-refractivity contribution in [3.05, 3.63) is 108 Å². The van der Waals surface area contributed by atoms with Crippen LogP contribution >= 0.6 is 0 Å². The lowest BCUT2D eigenvalue weighted by atomic mass is 9.59. The number of allylic oxidation sites excluding steroid dienone is 4. The molecule has 0 amide bonds. The summed E-state index contributed by atoms with van der Waals surface area (Å²) < 4.78 is 0. The summed E-state index contributed by atoms with van der Waals surface area (Å²) in [6, 6.07) is 19.2. The van der Waals surface area contributed by atoms with Gasteiger partial charge in [-0.05, 0) is 64.0 Å². The van der Waals surface area contributed by atoms with Crippen LogP contribution in [0.15, 0.2) is 85.1 Å². The van der Waals surface area contributed by atoms with E-state index in [-0.39, 0.29) is 22.2 Å². The molecule has 0 bridgehead atoms. The van der Waals surface area contributed by atoms with Gasteiger partial charge in [0.1, 0.15) is 5.82 Å². The third kappa shape index (κ3) is 4.36. The van der Waals surface area contributed by atoms with E-state index in [9.17, 15) is 0 Å². The number of rotatable bonds is 5. The van der Waals surface area contributed by atoms with Crippen LogP contribution in [0.5, 0.6) is 0 Å². The van der Waals surface area contributed by atoms with E-state index in [1.807, 2.05) is 36.5 Å². The third-order valence-electron chi connectivity index (χ3n) is 10.4. The minimum atomic E-state index is 0.0463. The Bertz CT molecular complexity index is 1660. The van der Waals surface area contributed by atoms with Crippen molar-refractivity contribution in [2.24, 2.45) is 5.41 Å². The summed E-state index contributed by atoms with van der Waals surface area (Å²) in [4.78, 5) is 19.7. The number of aromatic nitrogens is 4. The van der Waals surface area contributed by atoms with Crippen LogP contribution in [-0.2, 0) is 17.3 Å². The van der Waals surface area contributed by atoms with E-state index in [4.69, 9.17) is 19.9 Å². The first-order valence-corrected chi connectivity index (χ1v) is 14.8. The number of benzene rings is 2. The lowest BCUT2D eigenvalue weighted by Gasteiger charge is -2.44. The Hall–Kier alpha value is -3.92. The van der Waals surface area contributed by atoms with Gasteiger partial charge < -0.3 is 0 Å². The zero-order valence-corrected chi connectivity index (χ0v) is 25.4. The Balaban J connectivity index is 1.42. The van der Waals surface area contributed by atoms with E-state index in [1.165, 1.54) is 22.3 Å². The van der Waals surface area contributed by atoms with E-state index >= 15 is 0 Å². The summed E-state index contributed by atoms with van der Waals surface area (Å²) in [5.41, 5.74) is 8.60. The maximum absolute atomic E-state index is 5.00. The lowest BCUT2D eigenvalue weighted by Crippen LogP contribution is -2.42. The maximum Gasteiger partial charge on any atom is 0.165 e. The molecule has 0 radical (unpaired) electrons. The van der Waals surface area contributed by atoms with Crippen LogP contribution in [0.3, 0.4) is 0 Å². The summed E-state index contributed by atoms with van der Waals surface area (Å²) in [7, 11) is 0. The molecule has 2 heterocycles. The van der Waals surface area contributed by atoms with Crippen LogP contribution in [0, 0.1) is 5.41 Å². The molecular formula is C37H40N4. The zero-order chi connectivity index (χ0) is 29.0. The van der Waals surface area contributed by atoms with Gasteiger partial charge in [0.2, 0.25) is 0 Å². The van der Waals surface area contributed by atoms with Crippen LogP contribution in [-0.4, -0.2) is 19.9 Å². The van der Waals surface area contributed by atoms with Gasteiger partial charge in [0.15, 0.2) is 11.6 Å². The van der Waals surface area contributed by atoms with Gasteiger partial charge in [-0.1, -0.05) is 109 Å². The summed E-state index contributed by atoms with van der Waals surface area (Å²) in [5.74, 6) is 2.27. The fraction of sp³-hybridized carbons (Fsp3) is 0.351. The minimum absolute atomic E-state index is 0.0463. The Morgan fingerprint density at radius 2 is 1.44 bits per heavy atom. The van der Waals surface area contributed by atoms with E-state index in [1.54, 1.807) is 0 Å². The molecule has 4 nitrogen and oxygen atoms in total. The van der Waals surface area contributed by atoms with Crippen LogP contribution in [0.1, 0.15) is 83.3 Å². The molecule has 0 aliphatic heterocycles. The largest absolute Gasteiger partial charge is 0.255 e. The molecule has 1 atom stereocenters. The summed E-state index contributed by atoms with van der Waals surface area (Å²) in [6.45, 7) is 16.7. The van der Waals surface area contributed by atoms with Crippen LogP contribution < -0.4 is 0 Å². The van der Waals surface area contributed by atoms with E-state index in [0.717, 1.165) is 35.5 Å². The zero-order valence-electron chi connectivity index (χ0n) is 25.4. The van der Waals surface area contributed by atoms with Crippen molar-refractivity contribution in [3.63, 3.8) is 0 Å². The number of aryl methyl sites for hydroxylation is 1. The van der Waals surface area contributed by atoms with E-state index in [2.05, 4.69) is 97.0 Å². The summed E-state index contributed by atoms with van der Waals surface area (Å²) in [6.07, 6.45) is 12.2. The lowest BCUT2D eigenvalue weighted by molar-refractivity contribution is 0.125. The van der Waals surface area contributed by atoms with Crippen molar-refractivity contribution in [1.29, 1.82) is 0 Å². The maximum atomic E-state index is 5.00. The molecule has 0 spiro atoms. The van der Waals surface area contributed by atoms with Gasteiger partial charge in [-0.25, -0.2) is 15.0 Å². The molecule has 41 heavy (non-hydrogen) atoms. The minimum Gasteiger partial charge on any atom is -0.255 e. The van der Waals surface area contributed by atoms with Gasteiger partial charge in [0, 0.05) is 28.8 Å². The highest BCUT2D eigenvalue weighted by Gasteiger charge is 2.56. The molecule has 208 valence electrons. The molecule has 2 aromatic carbocycles. The van der Waals surface area contributed by atoms with Gasteiger partial charge in [-0.3, -0.25) is 4.98 Å². The Kier molecular flexibility index (Phi) is 6.56. The highest BCUT2D eigenvalue weighted by Crippen LogP contribution is 2.62. The van der Waals surface area contributed by atoms with Crippen molar-refractivity contribution >= 4 is 0 Å². The quantitative estimate of drug-likeness (QED) is 0.253. The standard InChI is InChI=1S/C37H40N4/c1-8-24-21-29-30(36(4,5)37(6,7)35(29,2)3)22-28(24)31-20-19-27(23-38-31)34-40-32(25-15-11-9-12-16-25)39-33(41-34)26-17-13-10-14-18-26/h9-17,19-23,26H,8,18H2,1-7H3. The van der Waals surface area contributed by atoms with Gasteiger partial charge in [-0.15, -0.1) is 0 Å². The predicted molar refractivity (Wildman–Crippen MR) is 169 cm³/mol. The van der Waals surface area contributed by atoms with Crippen LogP contribution in [0.2, 0.25) is 0 Å². The van der Waals surface area contributed by atoms with Gasteiger partial charge >= 0.3 is 0 Å². The number of hydrogen-bond donors (Lipinski definition) is 0. The molecule has 0 saturated heterocycles. The fourth-order valence-electron chi connectivity index (χ4n) is 6.53. The predicted octanol–water partition coefficient (Wildman–Crippen LogP) is 9.02. The normalized spacial score (nSPS) is 19.7. The molecule has 2 aliphatic rings. The fourth-order valence-corrected chi connectivity index (χ4v) is 6.53. The molecule has 0 fully saturated rings. The highest BCUT2D eigenvalue weighted by molar-refractivity contribution is 5.71. The average Bonchev–Trinajstić information content (AvgIpc) is 3.10. The third-order valence-corrected chi connectivity index (χ3v) is 10.4. The second-order valence-corrected chi connectivity index (χ2v) is 13.1. The molecule has 0 N–H and O–H groups in total. The van der Waals surface area contributed by atoms with Crippen LogP contribution in [0.4, 0.5) is 0 Å². The molecule has 6 rings (SSSR count). The molecule has 2 aromatic heterocycles. The Labute approximate surface area is 244 Å². The van der Waals surface area contributed by atoms with Gasteiger partial charge in [-0.2, -0.15) is 0 Å². The molecule has 2 aliphatic carbocycles. The van der Waals surface area contributed by atoms with Crippen molar-refractivity contribution in [3.8, 4) is 34.0 Å². The van der Waals surface area contributed by atoms with Crippen molar-refractivity contribution in [1.82, 2.24) is 19.9 Å². The molecular weight excluding hydrogens is 500 g/mol. The number of fused-ring (bicyclic) bond motifs is 1. The average molecular weight is 541 g/mol. The topological polar surface area (TPSA) is 51.6 Å². The second-order valence-electron chi connectivity index (χ2n) is 13.1. The molecule has 1 unspecified atom stereocenters. The first-order chi connectivity index (χ1) is 19.5. The monoisotopic (exact) mass is 540 g/mol. The van der Waals surface area contributed by atoms with E-state index < -0.39 is 0 Å².